The summed E-state index contributed by atoms with van der Waals surface area (Å²) in [5.74, 6) is -0.359. The smallest absolute Gasteiger partial charge is 0.288 e. The fourth-order valence-electron chi connectivity index (χ4n) is 2.13. The molecule has 0 spiro atoms. The molecule has 9 heteroatoms. The van der Waals surface area contributed by atoms with Gasteiger partial charge in [0.2, 0.25) is 0 Å². The van der Waals surface area contributed by atoms with Crippen LogP contribution in [0.3, 0.4) is 0 Å². The van der Waals surface area contributed by atoms with Gasteiger partial charge < -0.3 is 5.32 Å². The van der Waals surface area contributed by atoms with Crippen LogP contribution in [-0.4, -0.2) is 22.8 Å². The Balaban J connectivity index is 1.90. The Morgan fingerprint density at radius 2 is 2.04 bits per heavy atom. The molecular formula is C15H8BrClN4O3. The molecule has 0 saturated heterocycles. The molecule has 0 fully saturated rings. The van der Waals surface area contributed by atoms with E-state index in [1.807, 2.05) is 0 Å². The molecule has 120 valence electrons. The minimum absolute atomic E-state index is 0.0393. The van der Waals surface area contributed by atoms with E-state index >= 15 is 0 Å². The third kappa shape index (κ3) is 3.19. The van der Waals surface area contributed by atoms with Gasteiger partial charge in [0.05, 0.1) is 16.8 Å². The zero-order valence-electron chi connectivity index (χ0n) is 11.9. The lowest BCUT2D eigenvalue weighted by Crippen LogP contribution is -2.13. The van der Waals surface area contributed by atoms with Gasteiger partial charge in [0, 0.05) is 21.7 Å². The Bertz CT molecular complexity index is 927. The van der Waals surface area contributed by atoms with Gasteiger partial charge >= 0.3 is 0 Å². The quantitative estimate of drug-likeness (QED) is 0.476. The summed E-state index contributed by atoms with van der Waals surface area (Å²) >= 11 is 9.08. The third-order valence-corrected chi connectivity index (χ3v) is 4.04. The van der Waals surface area contributed by atoms with Crippen molar-refractivity contribution in [2.45, 2.75) is 0 Å². The standard InChI is InChI=1S/C15H8BrClN4O3/c16-9-2-4-12-10(6-9)14(15(22)19-12)20-18-7-8-1-3-11(17)13(5-8)21(23)24/h1-7H,(H,19,20,22)/b18-7-. The van der Waals surface area contributed by atoms with Crippen LogP contribution in [0.1, 0.15) is 11.1 Å². The van der Waals surface area contributed by atoms with Crippen LogP contribution in [-0.2, 0) is 4.79 Å². The molecule has 1 heterocycles. The lowest BCUT2D eigenvalue weighted by Gasteiger charge is -1.97. The van der Waals surface area contributed by atoms with E-state index in [4.69, 9.17) is 11.6 Å². The van der Waals surface area contributed by atoms with E-state index in [-0.39, 0.29) is 22.3 Å². The van der Waals surface area contributed by atoms with Crippen molar-refractivity contribution in [2.24, 2.45) is 10.2 Å². The lowest BCUT2D eigenvalue weighted by molar-refractivity contribution is -0.384. The van der Waals surface area contributed by atoms with Crippen LogP contribution in [0.2, 0.25) is 5.02 Å². The molecule has 0 bridgehead atoms. The Hall–Kier alpha value is -2.58. The molecule has 0 aromatic heterocycles. The number of nitrogens with one attached hydrogen (secondary N) is 1. The number of anilines is 1. The highest BCUT2D eigenvalue weighted by molar-refractivity contribution is 9.10. The summed E-state index contributed by atoms with van der Waals surface area (Å²) < 4.78 is 0.808. The molecule has 1 aliphatic rings. The van der Waals surface area contributed by atoms with Gasteiger partial charge in [-0.3, -0.25) is 14.9 Å². The van der Waals surface area contributed by atoms with Crippen molar-refractivity contribution in [3.8, 4) is 0 Å². The molecule has 24 heavy (non-hydrogen) atoms. The maximum absolute atomic E-state index is 11.9. The normalized spacial score (nSPS) is 14.9. The number of nitrogens with zero attached hydrogens (tertiary/aromatic N) is 3. The molecular weight excluding hydrogens is 400 g/mol. The molecule has 1 amide bonds. The van der Waals surface area contributed by atoms with Crippen LogP contribution < -0.4 is 5.32 Å². The van der Waals surface area contributed by atoms with Crippen LogP contribution in [0, 0.1) is 10.1 Å². The van der Waals surface area contributed by atoms with Crippen molar-refractivity contribution in [2.75, 3.05) is 5.32 Å². The van der Waals surface area contributed by atoms with Crippen molar-refractivity contribution in [3.05, 3.63) is 67.1 Å². The lowest BCUT2D eigenvalue weighted by atomic mass is 10.1. The summed E-state index contributed by atoms with van der Waals surface area (Å²) in [6.45, 7) is 0. The first-order chi connectivity index (χ1) is 11.5. The largest absolute Gasteiger partial charge is 0.320 e. The van der Waals surface area contributed by atoms with Gasteiger partial charge in [-0.05, 0) is 24.3 Å². The average molecular weight is 408 g/mol. The molecule has 1 aliphatic heterocycles. The highest BCUT2D eigenvalue weighted by atomic mass is 79.9. The number of nitro benzene ring substituents is 1. The number of hydrogen-bond donors (Lipinski definition) is 1. The number of hydrogen-bond acceptors (Lipinski definition) is 5. The fraction of sp³-hybridized carbons (Fsp3) is 0. The maximum Gasteiger partial charge on any atom is 0.288 e. The Labute approximate surface area is 149 Å². The Morgan fingerprint density at radius 1 is 1.25 bits per heavy atom. The highest BCUT2D eigenvalue weighted by Gasteiger charge is 2.26. The first-order valence-electron chi connectivity index (χ1n) is 6.62. The van der Waals surface area contributed by atoms with E-state index in [9.17, 15) is 14.9 Å². The summed E-state index contributed by atoms with van der Waals surface area (Å²) in [5.41, 5.74) is 1.68. The molecule has 2 aromatic rings. The molecule has 7 nitrogen and oxygen atoms in total. The molecule has 2 aromatic carbocycles. The van der Waals surface area contributed by atoms with Crippen LogP contribution in [0.25, 0.3) is 0 Å². The number of amides is 1. The number of halogens is 2. The number of fused-ring (bicyclic) bond motifs is 1. The van der Waals surface area contributed by atoms with Gasteiger partial charge in [-0.25, -0.2) is 0 Å². The first-order valence-corrected chi connectivity index (χ1v) is 7.79. The van der Waals surface area contributed by atoms with Gasteiger partial charge in [-0.1, -0.05) is 33.6 Å². The van der Waals surface area contributed by atoms with E-state index < -0.39 is 4.92 Å². The Kier molecular flexibility index (Phi) is 4.41. The molecule has 1 N–H and O–H groups in total. The van der Waals surface area contributed by atoms with E-state index in [2.05, 4.69) is 31.4 Å². The predicted octanol–water partition coefficient (Wildman–Crippen LogP) is 3.79. The monoisotopic (exact) mass is 406 g/mol. The molecule has 3 rings (SSSR count). The molecule has 0 saturated carbocycles. The van der Waals surface area contributed by atoms with Crippen molar-refractivity contribution in [3.63, 3.8) is 0 Å². The molecule has 0 atom stereocenters. The van der Waals surface area contributed by atoms with Gasteiger partial charge in [0.25, 0.3) is 11.6 Å². The summed E-state index contributed by atoms with van der Waals surface area (Å²) in [6.07, 6.45) is 1.32. The number of benzene rings is 2. The number of rotatable bonds is 3. The van der Waals surface area contributed by atoms with Crippen molar-refractivity contribution < 1.29 is 9.72 Å². The van der Waals surface area contributed by atoms with Crippen LogP contribution in [0.4, 0.5) is 11.4 Å². The molecule has 0 unspecified atom stereocenters. The van der Waals surface area contributed by atoms with E-state index in [1.54, 1.807) is 24.3 Å². The molecule has 0 radical (unpaired) electrons. The van der Waals surface area contributed by atoms with Crippen molar-refractivity contribution in [1.29, 1.82) is 0 Å². The summed E-state index contributed by atoms with van der Waals surface area (Å²) in [6, 6.07) is 9.57. The minimum atomic E-state index is -0.580. The zero-order chi connectivity index (χ0) is 17.3. The van der Waals surface area contributed by atoms with Crippen molar-refractivity contribution in [1.82, 2.24) is 0 Å². The third-order valence-electron chi connectivity index (χ3n) is 3.23. The SMILES string of the molecule is O=C1Nc2ccc(Br)cc2/C1=N\N=C/c1ccc(Cl)c([N+](=O)[O-])c1. The van der Waals surface area contributed by atoms with Gasteiger partial charge in [-0.2, -0.15) is 5.10 Å². The van der Waals surface area contributed by atoms with Gasteiger partial charge in [0.1, 0.15) is 5.02 Å². The van der Waals surface area contributed by atoms with Crippen LogP contribution >= 0.6 is 27.5 Å². The highest BCUT2D eigenvalue weighted by Crippen LogP contribution is 2.27. The minimum Gasteiger partial charge on any atom is -0.320 e. The van der Waals surface area contributed by atoms with E-state index in [0.29, 0.717) is 16.8 Å². The number of carbonyl (C=O) groups excluding carboxylic acids is 1. The summed E-state index contributed by atoms with van der Waals surface area (Å²) in [5, 5.41) is 21.4. The van der Waals surface area contributed by atoms with Crippen molar-refractivity contribution >= 4 is 56.7 Å². The van der Waals surface area contributed by atoms with Crippen LogP contribution in [0.5, 0.6) is 0 Å². The second-order valence-electron chi connectivity index (χ2n) is 4.81. The second-order valence-corrected chi connectivity index (χ2v) is 6.13. The summed E-state index contributed by atoms with van der Waals surface area (Å²) in [7, 11) is 0. The predicted molar refractivity (Wildman–Crippen MR) is 95.0 cm³/mol. The fourth-order valence-corrected chi connectivity index (χ4v) is 2.68. The van der Waals surface area contributed by atoms with Gasteiger partial charge in [-0.15, -0.1) is 5.10 Å². The molecule has 0 aliphatic carbocycles. The maximum atomic E-state index is 11.9. The number of carbonyl (C=O) groups is 1. The van der Waals surface area contributed by atoms with Gasteiger partial charge in [0.15, 0.2) is 5.71 Å². The average Bonchev–Trinajstić information content (AvgIpc) is 2.84. The Morgan fingerprint density at radius 3 is 2.79 bits per heavy atom. The van der Waals surface area contributed by atoms with E-state index in [1.165, 1.54) is 18.3 Å². The first kappa shape index (κ1) is 16.3. The second kappa shape index (κ2) is 6.50. The topological polar surface area (TPSA) is 97.0 Å². The van der Waals surface area contributed by atoms with E-state index in [0.717, 1.165) is 4.47 Å². The number of nitro groups is 1. The zero-order valence-corrected chi connectivity index (χ0v) is 14.2. The van der Waals surface area contributed by atoms with Crippen LogP contribution in [0.15, 0.2) is 51.1 Å². The summed E-state index contributed by atoms with van der Waals surface area (Å²) in [4.78, 5) is 22.2.